The highest BCUT2D eigenvalue weighted by atomic mass is 32.2. The van der Waals surface area contributed by atoms with Crippen LogP contribution < -0.4 is 5.32 Å². The summed E-state index contributed by atoms with van der Waals surface area (Å²) in [7, 11) is -2.89. The summed E-state index contributed by atoms with van der Waals surface area (Å²) in [6.07, 6.45) is 7.99. The lowest BCUT2D eigenvalue weighted by Crippen LogP contribution is -2.37. The number of hydrogen-bond donors (Lipinski definition) is 1. The molecule has 0 unspecified atom stereocenters. The van der Waals surface area contributed by atoms with Gasteiger partial charge in [-0.25, -0.2) is 8.42 Å². The fourth-order valence-electron chi connectivity index (χ4n) is 2.64. The van der Waals surface area contributed by atoms with E-state index in [0.717, 1.165) is 5.92 Å². The lowest BCUT2D eigenvalue weighted by atomic mass is 9.93. The van der Waals surface area contributed by atoms with Crippen LogP contribution in [0.3, 0.4) is 0 Å². The standard InChI is InChI=1S/C14H29NO2S/c1-12(2)18(16,17)11-10-15-13(3)14-8-6-4-5-7-9-14/h12-15H,4-11H2,1-3H3/t13-/m0/s1. The molecule has 1 atom stereocenters. The highest BCUT2D eigenvalue weighted by Gasteiger charge is 2.20. The molecule has 1 rings (SSSR count). The van der Waals surface area contributed by atoms with Crippen molar-refractivity contribution in [1.82, 2.24) is 5.32 Å². The highest BCUT2D eigenvalue weighted by Crippen LogP contribution is 2.25. The summed E-state index contributed by atoms with van der Waals surface area (Å²) in [5, 5.41) is 3.15. The van der Waals surface area contributed by atoms with Gasteiger partial charge in [-0.2, -0.15) is 0 Å². The Morgan fingerprint density at radius 1 is 1.06 bits per heavy atom. The molecule has 18 heavy (non-hydrogen) atoms. The summed E-state index contributed by atoms with van der Waals surface area (Å²) in [5.41, 5.74) is 0. The van der Waals surface area contributed by atoms with Gasteiger partial charge in [0.05, 0.1) is 11.0 Å². The van der Waals surface area contributed by atoms with Crippen molar-refractivity contribution in [3.05, 3.63) is 0 Å². The van der Waals surface area contributed by atoms with Gasteiger partial charge in [0.2, 0.25) is 0 Å². The van der Waals surface area contributed by atoms with Gasteiger partial charge in [-0.3, -0.25) is 0 Å². The van der Waals surface area contributed by atoms with Gasteiger partial charge in [0.25, 0.3) is 0 Å². The fourth-order valence-corrected chi connectivity index (χ4v) is 3.52. The van der Waals surface area contributed by atoms with Crippen molar-refractivity contribution in [1.29, 1.82) is 0 Å². The average molecular weight is 275 g/mol. The van der Waals surface area contributed by atoms with E-state index in [1.54, 1.807) is 13.8 Å². The summed E-state index contributed by atoms with van der Waals surface area (Å²) < 4.78 is 23.4. The minimum absolute atomic E-state index is 0.257. The van der Waals surface area contributed by atoms with E-state index in [4.69, 9.17) is 0 Å². The first kappa shape index (κ1) is 16.0. The first-order chi connectivity index (χ1) is 8.43. The Hall–Kier alpha value is -0.0900. The topological polar surface area (TPSA) is 46.2 Å². The molecule has 0 aromatic rings. The van der Waals surface area contributed by atoms with E-state index in [9.17, 15) is 8.42 Å². The summed E-state index contributed by atoms with van der Waals surface area (Å²) in [6.45, 7) is 6.31. The third-order valence-electron chi connectivity index (χ3n) is 4.18. The Morgan fingerprint density at radius 3 is 2.11 bits per heavy atom. The number of sulfone groups is 1. The van der Waals surface area contributed by atoms with Crippen LogP contribution in [0.5, 0.6) is 0 Å². The summed E-state index contributed by atoms with van der Waals surface area (Å²) >= 11 is 0. The average Bonchev–Trinajstić information content (AvgIpc) is 2.56. The number of nitrogens with one attached hydrogen (secondary N) is 1. The lowest BCUT2D eigenvalue weighted by Gasteiger charge is -2.23. The van der Waals surface area contributed by atoms with Gasteiger partial charge in [0.1, 0.15) is 0 Å². The Bertz CT molecular complexity index is 317. The van der Waals surface area contributed by atoms with Crippen molar-refractivity contribution in [3.8, 4) is 0 Å². The maximum atomic E-state index is 11.7. The molecule has 1 aliphatic rings. The van der Waals surface area contributed by atoms with E-state index < -0.39 is 9.84 Å². The van der Waals surface area contributed by atoms with E-state index in [1.807, 2.05) is 0 Å². The molecule has 0 saturated heterocycles. The van der Waals surface area contributed by atoms with Gasteiger partial charge in [-0.15, -0.1) is 0 Å². The SMILES string of the molecule is CC(C)S(=O)(=O)CCN[C@@H](C)C1CCCCCC1. The molecule has 0 bridgehead atoms. The van der Waals surface area contributed by atoms with Crippen molar-refractivity contribution in [2.75, 3.05) is 12.3 Å². The second-order valence-corrected chi connectivity index (χ2v) is 8.59. The van der Waals surface area contributed by atoms with Crippen molar-refractivity contribution in [3.63, 3.8) is 0 Å². The zero-order valence-corrected chi connectivity index (χ0v) is 12.9. The monoisotopic (exact) mass is 275 g/mol. The third kappa shape index (κ3) is 5.27. The minimum Gasteiger partial charge on any atom is -0.313 e. The first-order valence-corrected chi connectivity index (χ1v) is 9.10. The molecular weight excluding hydrogens is 246 g/mol. The maximum absolute atomic E-state index is 11.7. The maximum Gasteiger partial charge on any atom is 0.153 e. The van der Waals surface area contributed by atoms with Crippen LogP contribution in [0, 0.1) is 5.92 Å². The minimum atomic E-state index is -2.89. The van der Waals surface area contributed by atoms with Gasteiger partial charge in [-0.05, 0) is 39.5 Å². The molecule has 1 fully saturated rings. The quantitative estimate of drug-likeness (QED) is 0.758. The van der Waals surface area contributed by atoms with Crippen molar-refractivity contribution >= 4 is 9.84 Å². The first-order valence-electron chi connectivity index (χ1n) is 7.38. The molecule has 108 valence electrons. The molecule has 3 nitrogen and oxygen atoms in total. The lowest BCUT2D eigenvalue weighted by molar-refractivity contribution is 0.343. The molecule has 0 amide bonds. The van der Waals surface area contributed by atoms with Gasteiger partial charge in [0, 0.05) is 12.6 Å². The van der Waals surface area contributed by atoms with E-state index in [-0.39, 0.29) is 11.0 Å². The second kappa shape index (κ2) is 7.49. The van der Waals surface area contributed by atoms with Crippen LogP contribution in [-0.4, -0.2) is 32.0 Å². The number of rotatable bonds is 6. The molecule has 1 aliphatic carbocycles. The van der Waals surface area contributed by atoms with Gasteiger partial charge >= 0.3 is 0 Å². The molecule has 1 N–H and O–H groups in total. The van der Waals surface area contributed by atoms with E-state index in [2.05, 4.69) is 12.2 Å². The van der Waals surface area contributed by atoms with Gasteiger partial charge in [0.15, 0.2) is 9.84 Å². The molecule has 4 heteroatoms. The molecule has 0 aromatic heterocycles. The van der Waals surface area contributed by atoms with E-state index in [1.165, 1.54) is 38.5 Å². The number of hydrogen-bond acceptors (Lipinski definition) is 3. The normalized spacial score (nSPS) is 20.9. The zero-order chi connectivity index (χ0) is 13.6. The van der Waals surface area contributed by atoms with Crippen LogP contribution in [-0.2, 0) is 9.84 Å². The van der Waals surface area contributed by atoms with Crippen molar-refractivity contribution in [2.24, 2.45) is 5.92 Å². The van der Waals surface area contributed by atoms with Crippen LogP contribution in [0.15, 0.2) is 0 Å². The van der Waals surface area contributed by atoms with Crippen molar-refractivity contribution in [2.45, 2.75) is 70.6 Å². The molecule has 0 aromatic carbocycles. The molecule has 0 heterocycles. The molecule has 0 spiro atoms. The van der Waals surface area contributed by atoms with E-state index >= 15 is 0 Å². The largest absolute Gasteiger partial charge is 0.313 e. The Morgan fingerprint density at radius 2 is 1.61 bits per heavy atom. The zero-order valence-electron chi connectivity index (χ0n) is 12.1. The van der Waals surface area contributed by atoms with Crippen LogP contribution in [0.2, 0.25) is 0 Å². The van der Waals surface area contributed by atoms with Crippen LogP contribution in [0.4, 0.5) is 0 Å². The fraction of sp³-hybridized carbons (Fsp3) is 1.00. The van der Waals surface area contributed by atoms with Crippen LogP contribution in [0.1, 0.15) is 59.3 Å². The molecule has 0 aliphatic heterocycles. The van der Waals surface area contributed by atoms with Gasteiger partial charge in [-0.1, -0.05) is 25.7 Å². The van der Waals surface area contributed by atoms with E-state index in [0.29, 0.717) is 12.6 Å². The Balaban J connectivity index is 2.30. The molecule has 0 radical (unpaired) electrons. The third-order valence-corrected chi connectivity index (χ3v) is 6.39. The Kier molecular flexibility index (Phi) is 6.64. The van der Waals surface area contributed by atoms with Crippen LogP contribution >= 0.6 is 0 Å². The second-order valence-electron chi connectivity index (χ2n) is 5.91. The summed E-state index contributed by atoms with van der Waals surface area (Å²) in [4.78, 5) is 0. The predicted molar refractivity (Wildman–Crippen MR) is 77.6 cm³/mol. The molecule has 1 saturated carbocycles. The smallest absolute Gasteiger partial charge is 0.153 e. The Labute approximate surface area is 113 Å². The van der Waals surface area contributed by atoms with Crippen LogP contribution in [0.25, 0.3) is 0 Å². The summed E-state index contributed by atoms with van der Waals surface area (Å²) in [6, 6.07) is 0.450. The summed E-state index contributed by atoms with van der Waals surface area (Å²) in [5.74, 6) is 0.996. The highest BCUT2D eigenvalue weighted by molar-refractivity contribution is 7.92. The van der Waals surface area contributed by atoms with Crippen molar-refractivity contribution < 1.29 is 8.42 Å². The molecular formula is C14H29NO2S. The van der Waals surface area contributed by atoms with Gasteiger partial charge < -0.3 is 5.32 Å². The predicted octanol–water partition coefficient (Wildman–Crippen LogP) is 2.76.